The minimum atomic E-state index is 0.714. The van der Waals surface area contributed by atoms with Crippen LogP contribution < -0.4 is 0 Å². The Hall–Kier alpha value is -1.24. The van der Waals surface area contributed by atoms with Gasteiger partial charge in [0.2, 0.25) is 0 Å². The number of rotatable bonds is 0. The van der Waals surface area contributed by atoms with E-state index < -0.39 is 0 Å². The highest BCUT2D eigenvalue weighted by Gasteiger charge is 2.20. The first kappa shape index (κ1) is 8.10. The van der Waals surface area contributed by atoms with Gasteiger partial charge in [0.1, 0.15) is 0 Å². The van der Waals surface area contributed by atoms with Crippen LogP contribution in [0.3, 0.4) is 0 Å². The second kappa shape index (κ2) is 2.88. The fourth-order valence-electron chi connectivity index (χ4n) is 2.64. The van der Waals surface area contributed by atoms with Crippen molar-refractivity contribution in [2.75, 3.05) is 0 Å². The molecule has 2 aromatic rings. The summed E-state index contributed by atoms with van der Waals surface area (Å²) in [7, 11) is 0. The highest BCUT2D eigenvalue weighted by molar-refractivity contribution is 5.85. The molecule has 14 heavy (non-hydrogen) atoms. The number of para-hydroxylation sites is 1. The maximum atomic E-state index is 3.57. The number of benzene rings is 1. The Balaban J connectivity index is 2.32. The number of aromatic amines is 1. The fraction of sp³-hybridized carbons (Fsp3) is 0.385. The lowest BCUT2D eigenvalue weighted by atomic mass is 9.88. The third-order valence-electron chi connectivity index (χ3n) is 3.40. The Bertz CT molecular complexity index is 467. The predicted molar refractivity (Wildman–Crippen MR) is 59.7 cm³/mol. The highest BCUT2D eigenvalue weighted by atomic mass is 14.7. The van der Waals surface area contributed by atoms with E-state index >= 15 is 0 Å². The summed E-state index contributed by atoms with van der Waals surface area (Å²) < 4.78 is 0. The number of H-pyrrole nitrogens is 1. The quantitative estimate of drug-likeness (QED) is 0.645. The first-order valence-corrected chi connectivity index (χ1v) is 5.46. The van der Waals surface area contributed by atoms with Crippen LogP contribution in [-0.4, -0.2) is 4.98 Å². The molecule has 1 aliphatic carbocycles. The Labute approximate surface area is 84.1 Å². The fourth-order valence-corrected chi connectivity index (χ4v) is 2.64. The van der Waals surface area contributed by atoms with Gasteiger partial charge in [-0.05, 0) is 36.8 Å². The van der Waals surface area contributed by atoms with E-state index in [2.05, 4.69) is 36.2 Å². The summed E-state index contributed by atoms with van der Waals surface area (Å²) in [4.78, 5) is 3.57. The minimum Gasteiger partial charge on any atom is -0.358 e. The summed E-state index contributed by atoms with van der Waals surface area (Å²) in [5.74, 6) is 0.714. The van der Waals surface area contributed by atoms with Crippen LogP contribution in [0.2, 0.25) is 0 Å². The van der Waals surface area contributed by atoms with Crippen molar-refractivity contribution < 1.29 is 0 Å². The number of hydrogen-bond donors (Lipinski definition) is 1. The van der Waals surface area contributed by atoms with Gasteiger partial charge in [-0.15, -0.1) is 0 Å². The summed E-state index contributed by atoms with van der Waals surface area (Å²) in [5.41, 5.74) is 4.36. The number of hydrogen-bond acceptors (Lipinski definition) is 0. The third kappa shape index (κ3) is 1.02. The average molecular weight is 185 g/mol. The van der Waals surface area contributed by atoms with Crippen molar-refractivity contribution in [3.63, 3.8) is 0 Å². The van der Waals surface area contributed by atoms with Crippen molar-refractivity contribution in [1.29, 1.82) is 0 Å². The topological polar surface area (TPSA) is 15.8 Å². The van der Waals surface area contributed by atoms with E-state index in [1.165, 1.54) is 35.9 Å². The van der Waals surface area contributed by atoms with Crippen LogP contribution in [0.4, 0.5) is 0 Å². The number of nitrogens with one attached hydrogen (secondary N) is 1. The van der Waals surface area contributed by atoms with Gasteiger partial charge < -0.3 is 4.98 Å². The third-order valence-corrected chi connectivity index (χ3v) is 3.40. The van der Waals surface area contributed by atoms with Crippen molar-refractivity contribution in [3.8, 4) is 0 Å². The molecule has 1 unspecified atom stereocenters. The Morgan fingerprint density at radius 2 is 2.14 bits per heavy atom. The number of aromatic nitrogens is 1. The van der Waals surface area contributed by atoms with Crippen LogP contribution in [0.5, 0.6) is 0 Å². The maximum Gasteiger partial charge on any atom is 0.0459 e. The summed E-state index contributed by atoms with van der Waals surface area (Å²) in [6, 6.07) is 8.66. The van der Waals surface area contributed by atoms with Gasteiger partial charge in [-0.1, -0.05) is 25.1 Å². The normalized spacial score (nSPS) is 21.1. The molecule has 0 spiro atoms. The van der Waals surface area contributed by atoms with Gasteiger partial charge in [0.25, 0.3) is 0 Å². The van der Waals surface area contributed by atoms with E-state index in [9.17, 15) is 0 Å². The minimum absolute atomic E-state index is 0.714. The molecule has 1 nitrogen and oxygen atoms in total. The van der Waals surface area contributed by atoms with Crippen molar-refractivity contribution in [2.24, 2.45) is 0 Å². The number of fused-ring (bicyclic) bond motifs is 3. The maximum absolute atomic E-state index is 3.57. The molecule has 1 aromatic heterocycles. The second-order valence-corrected chi connectivity index (χ2v) is 4.36. The zero-order valence-corrected chi connectivity index (χ0v) is 8.51. The molecule has 3 rings (SSSR count). The van der Waals surface area contributed by atoms with E-state index in [1.807, 2.05) is 0 Å². The first-order valence-electron chi connectivity index (χ1n) is 5.46. The molecular formula is C13H15N. The van der Waals surface area contributed by atoms with E-state index in [1.54, 1.807) is 5.56 Å². The van der Waals surface area contributed by atoms with Crippen LogP contribution in [-0.2, 0) is 6.42 Å². The lowest BCUT2D eigenvalue weighted by Crippen LogP contribution is -2.05. The molecule has 1 aliphatic rings. The van der Waals surface area contributed by atoms with Gasteiger partial charge in [-0.3, -0.25) is 0 Å². The Morgan fingerprint density at radius 3 is 3.07 bits per heavy atom. The lowest BCUT2D eigenvalue weighted by Gasteiger charge is -2.18. The monoisotopic (exact) mass is 185 g/mol. The summed E-state index contributed by atoms with van der Waals surface area (Å²) in [6.45, 7) is 2.33. The SMILES string of the molecule is CC1CCCc2c1[nH]c1ccccc21. The molecule has 1 N–H and O–H groups in total. The van der Waals surface area contributed by atoms with Gasteiger partial charge in [0, 0.05) is 16.6 Å². The molecular weight excluding hydrogens is 170 g/mol. The van der Waals surface area contributed by atoms with E-state index in [-0.39, 0.29) is 0 Å². The molecule has 1 atom stereocenters. The molecule has 0 bridgehead atoms. The molecule has 1 heteroatoms. The lowest BCUT2D eigenvalue weighted by molar-refractivity contribution is 0.582. The predicted octanol–water partition coefficient (Wildman–Crippen LogP) is 3.61. The summed E-state index contributed by atoms with van der Waals surface area (Å²) >= 11 is 0. The van der Waals surface area contributed by atoms with E-state index in [4.69, 9.17) is 0 Å². The Morgan fingerprint density at radius 1 is 1.29 bits per heavy atom. The van der Waals surface area contributed by atoms with E-state index in [0.29, 0.717) is 5.92 Å². The van der Waals surface area contributed by atoms with Gasteiger partial charge >= 0.3 is 0 Å². The summed E-state index contributed by atoms with van der Waals surface area (Å²) in [5, 5.41) is 1.44. The summed E-state index contributed by atoms with van der Waals surface area (Å²) in [6.07, 6.45) is 3.93. The molecule has 1 aromatic carbocycles. The first-order chi connectivity index (χ1) is 6.86. The van der Waals surface area contributed by atoms with Crippen molar-refractivity contribution in [2.45, 2.75) is 32.1 Å². The van der Waals surface area contributed by atoms with Crippen LogP contribution in [0.15, 0.2) is 24.3 Å². The van der Waals surface area contributed by atoms with Gasteiger partial charge in [0.15, 0.2) is 0 Å². The van der Waals surface area contributed by atoms with Crippen LogP contribution in [0, 0.1) is 0 Å². The number of aryl methyl sites for hydroxylation is 1. The standard InChI is InChI=1S/C13H15N/c1-9-5-4-7-11-10-6-2-3-8-12(10)14-13(9)11/h2-3,6,8-9,14H,4-5,7H2,1H3. The smallest absolute Gasteiger partial charge is 0.0459 e. The van der Waals surface area contributed by atoms with Crippen LogP contribution in [0.1, 0.15) is 36.9 Å². The zero-order chi connectivity index (χ0) is 9.54. The molecule has 0 fully saturated rings. The van der Waals surface area contributed by atoms with Gasteiger partial charge in [-0.25, -0.2) is 0 Å². The molecule has 0 amide bonds. The Kier molecular flexibility index (Phi) is 1.66. The van der Waals surface area contributed by atoms with Gasteiger partial charge in [-0.2, -0.15) is 0 Å². The average Bonchev–Trinajstić information content (AvgIpc) is 2.59. The molecule has 0 saturated heterocycles. The molecule has 0 radical (unpaired) electrons. The largest absolute Gasteiger partial charge is 0.358 e. The highest BCUT2D eigenvalue weighted by Crippen LogP contribution is 2.35. The van der Waals surface area contributed by atoms with Crippen LogP contribution in [0.25, 0.3) is 10.9 Å². The second-order valence-electron chi connectivity index (χ2n) is 4.36. The van der Waals surface area contributed by atoms with Crippen molar-refractivity contribution in [3.05, 3.63) is 35.5 Å². The van der Waals surface area contributed by atoms with Crippen molar-refractivity contribution >= 4 is 10.9 Å². The zero-order valence-electron chi connectivity index (χ0n) is 8.51. The molecule has 72 valence electrons. The van der Waals surface area contributed by atoms with Gasteiger partial charge in [0.05, 0.1) is 0 Å². The molecule has 0 saturated carbocycles. The molecule has 0 aliphatic heterocycles. The van der Waals surface area contributed by atoms with E-state index in [0.717, 1.165) is 0 Å². The van der Waals surface area contributed by atoms with Crippen molar-refractivity contribution in [1.82, 2.24) is 4.98 Å². The van der Waals surface area contributed by atoms with Crippen LogP contribution >= 0.6 is 0 Å². The molecule has 1 heterocycles.